The number of aliphatic hydroxyl groups excluding tert-OH is 2. The molecule has 6 heterocycles. The number of carbonyl (C=O) groups excluding carboxylic acids is 3. The SMILES string of the molecule is CCN[C@]12C=C3C=CC[C@@H]4[C@@H]5CCC[C@@](C)(CC6=CNC(N)C=C6)Cc6cccc7c6C(=O)[C@]6(O[C@@]6(C/C(CO)=C(\C)C[C@@H]6CC[C@@H]8C[C@H](NC)NC9=C8C6=CCN9)C7=O)C(=O)O[C@H]([C@@H]6C[C@H](O)CC[C@@H]6C1)[C@H]2[C@@H](CC5)[C@H]34. The van der Waals surface area contributed by atoms with Crippen molar-refractivity contribution >= 4 is 17.5 Å². The number of aliphatic hydroxyl groups is 2. The molecule has 1 saturated heterocycles. The molecule has 0 radical (unpaired) electrons. The van der Waals surface area contributed by atoms with Gasteiger partial charge in [-0.3, -0.25) is 9.59 Å². The van der Waals surface area contributed by atoms with Gasteiger partial charge in [-0.05, 0) is 197 Å². The predicted octanol–water partition coefficient (Wildman–Crippen LogP) is 7.64. The Morgan fingerprint density at radius 2 is 1.84 bits per heavy atom. The van der Waals surface area contributed by atoms with Gasteiger partial charge in [-0.2, -0.15) is 0 Å². The standard InChI is InChI=1S/C64H84N6O7/c1-5-69-62-30-40-17-19-44(72)27-49(40)56-55(62)47-20-18-37(45-12-6-10-42(31-62)52(45)47)11-8-23-61(3,28-36-14-21-50(65)68-33-36)29-41-9-7-13-48-53(41)58(74)64(60(75)76-56)63(77-64,57(48)73)32-43(34-71)35(2)25-38-15-16-39-26-51(66-4)70-59-54(39)46(38)22-24-67-59/h6-7,9-10,13-14,21-22,31,33,37-40,44-45,47,49-52,55-56,66-72H,5,8,11-12,15-20,23-30,32,34,65H2,1-4H3/b43-35-/t37-,38+,39-,40-,44-,45-,47+,49-,50?,51-,52-,55-,56-,61+,62+,63+,64+/m1/s1. The number of ketones is 2. The highest BCUT2D eigenvalue weighted by Gasteiger charge is 2.86. The molecule has 77 heavy (non-hydrogen) atoms. The number of allylic oxidation sites excluding steroid dienone is 8. The number of hydrogen-bond acceptors (Lipinski definition) is 13. The number of fused-ring (bicyclic) bond motifs is 7. The number of nitrogens with one attached hydrogen (secondary N) is 5. The Balaban J connectivity index is 0.932. The summed E-state index contributed by atoms with van der Waals surface area (Å²) in [5.41, 5.74) is 9.35. The third-order valence-electron chi connectivity index (χ3n) is 22.1. The van der Waals surface area contributed by atoms with E-state index in [2.05, 4.69) is 70.8 Å². The molecule has 6 bridgehead atoms. The van der Waals surface area contributed by atoms with Crippen LogP contribution in [0.25, 0.3) is 0 Å². The van der Waals surface area contributed by atoms with E-state index in [1.165, 1.54) is 16.7 Å². The molecule has 1 aromatic rings. The quantitative estimate of drug-likeness (QED) is 0.0493. The Kier molecular flexibility index (Phi) is 13.2. The van der Waals surface area contributed by atoms with E-state index in [4.69, 9.17) is 15.2 Å². The first-order chi connectivity index (χ1) is 37.2. The normalized spacial score (nSPS) is 42.6. The number of dihydropyridines is 2. The number of benzene rings is 1. The average molecular weight is 1050 g/mol. The van der Waals surface area contributed by atoms with Crippen LogP contribution in [0.2, 0.25) is 0 Å². The number of likely N-dealkylation sites (N-methyl/N-ethyl adjacent to an activating group) is 1. The number of ether oxygens (including phenoxy) is 2. The summed E-state index contributed by atoms with van der Waals surface area (Å²) in [5, 5.41) is 41.1. The second-order valence-corrected chi connectivity index (χ2v) is 26.4. The minimum Gasteiger partial charge on any atom is -0.459 e. The summed E-state index contributed by atoms with van der Waals surface area (Å²) in [7, 11) is 2.00. The number of rotatable bonds is 10. The average Bonchev–Trinajstić information content (AvgIpc) is 2.92. The summed E-state index contributed by atoms with van der Waals surface area (Å²) in [6.45, 7) is 7.65. The van der Waals surface area contributed by atoms with Crippen LogP contribution in [-0.2, 0) is 20.7 Å². The van der Waals surface area contributed by atoms with Crippen molar-refractivity contribution < 1.29 is 34.1 Å². The van der Waals surface area contributed by atoms with Crippen LogP contribution in [0.15, 0.2) is 100 Å². The first kappa shape index (κ1) is 51.8. The smallest absolute Gasteiger partial charge is 0.350 e. The molecule has 17 atom stereocenters. The van der Waals surface area contributed by atoms with Gasteiger partial charge in [0.05, 0.1) is 25.0 Å². The van der Waals surface area contributed by atoms with Crippen molar-refractivity contribution in [1.82, 2.24) is 26.6 Å². The van der Waals surface area contributed by atoms with Crippen molar-refractivity contribution in [2.75, 3.05) is 26.7 Å². The molecule has 5 fully saturated rings. The van der Waals surface area contributed by atoms with Crippen LogP contribution in [0, 0.1) is 58.7 Å². The monoisotopic (exact) mass is 1050 g/mol. The Labute approximate surface area is 455 Å². The molecule has 1 aromatic carbocycles. The van der Waals surface area contributed by atoms with E-state index >= 15 is 14.4 Å². The molecular formula is C64H84N6O7. The molecule has 1 unspecified atom stereocenters. The third kappa shape index (κ3) is 8.30. The van der Waals surface area contributed by atoms with Crippen LogP contribution in [0.5, 0.6) is 0 Å². The highest BCUT2D eigenvalue weighted by Crippen LogP contribution is 2.65. The first-order valence-electron chi connectivity index (χ1n) is 30.0. The van der Waals surface area contributed by atoms with Gasteiger partial charge in [-0.25, -0.2) is 4.79 Å². The van der Waals surface area contributed by atoms with E-state index in [-0.39, 0.29) is 71.5 Å². The summed E-state index contributed by atoms with van der Waals surface area (Å²) >= 11 is 0. The summed E-state index contributed by atoms with van der Waals surface area (Å²) in [5.74, 6) is 1.46. The summed E-state index contributed by atoms with van der Waals surface area (Å²) < 4.78 is 14.2. The Morgan fingerprint density at radius 3 is 2.65 bits per heavy atom. The fourth-order valence-corrected chi connectivity index (χ4v) is 18.7. The Bertz CT molecular complexity index is 2850. The molecule has 1 spiro atoms. The van der Waals surface area contributed by atoms with E-state index in [1.54, 1.807) is 6.07 Å². The fraction of sp³-hybridized carbons (Fsp3) is 0.641. The minimum atomic E-state index is -2.26. The van der Waals surface area contributed by atoms with E-state index in [1.807, 2.05) is 38.4 Å². The van der Waals surface area contributed by atoms with E-state index in [0.717, 1.165) is 113 Å². The zero-order valence-electron chi connectivity index (χ0n) is 45.9. The van der Waals surface area contributed by atoms with Crippen LogP contribution >= 0.6 is 0 Å². The maximum Gasteiger partial charge on any atom is 0.350 e. The minimum absolute atomic E-state index is 0.103. The van der Waals surface area contributed by atoms with Gasteiger partial charge < -0.3 is 52.0 Å². The molecule has 0 amide bonds. The highest BCUT2D eigenvalue weighted by atomic mass is 16.7. The molecule has 13 heteroatoms. The van der Waals surface area contributed by atoms with Crippen LogP contribution in [0.4, 0.5) is 0 Å². The molecule has 14 rings (SSSR count). The van der Waals surface area contributed by atoms with Crippen molar-refractivity contribution in [2.45, 2.75) is 171 Å². The topological polar surface area (TPSA) is 200 Å². The molecular weight excluding hydrogens is 965 g/mol. The highest BCUT2D eigenvalue weighted by molar-refractivity contribution is 6.33. The fourth-order valence-electron chi connectivity index (χ4n) is 18.7. The number of nitrogens with two attached hydrogens (primary N) is 1. The molecule has 7 aliphatic carbocycles. The van der Waals surface area contributed by atoms with E-state index in [9.17, 15) is 10.2 Å². The van der Waals surface area contributed by atoms with Crippen LogP contribution in [0.3, 0.4) is 0 Å². The van der Waals surface area contributed by atoms with Gasteiger partial charge in [0.25, 0.3) is 5.60 Å². The maximum atomic E-state index is 16.3. The van der Waals surface area contributed by atoms with Crippen molar-refractivity contribution in [2.24, 2.45) is 64.4 Å². The lowest BCUT2D eigenvalue weighted by molar-refractivity contribution is -0.183. The molecule has 13 aliphatic rings. The van der Waals surface area contributed by atoms with Gasteiger partial charge in [-0.15, -0.1) is 0 Å². The second kappa shape index (κ2) is 19.6. The summed E-state index contributed by atoms with van der Waals surface area (Å²) in [6, 6.07) is 5.61. The number of hydrogen-bond donors (Lipinski definition) is 8. The van der Waals surface area contributed by atoms with Gasteiger partial charge in [0, 0.05) is 47.7 Å². The lowest BCUT2D eigenvalue weighted by Crippen LogP contribution is -2.68. The Hall–Kier alpha value is -4.63. The van der Waals surface area contributed by atoms with Crippen LogP contribution in [-0.4, -0.2) is 95.8 Å². The Morgan fingerprint density at radius 1 is 0.987 bits per heavy atom. The van der Waals surface area contributed by atoms with Crippen molar-refractivity contribution in [3.05, 3.63) is 117 Å². The summed E-state index contributed by atoms with van der Waals surface area (Å²) in [6.07, 6.45) is 28.5. The lowest BCUT2D eigenvalue weighted by atomic mass is 9.46. The van der Waals surface area contributed by atoms with E-state index < -0.39 is 46.5 Å². The number of Topliss-reactive ketones (excluding diaryl/α,β-unsaturated/α-hetero) is 2. The molecule has 4 saturated carbocycles. The molecule has 0 aromatic heterocycles. The van der Waals surface area contributed by atoms with Crippen molar-refractivity contribution in [3.63, 3.8) is 0 Å². The van der Waals surface area contributed by atoms with Gasteiger partial charge in [0.15, 0.2) is 11.4 Å². The third-order valence-corrected chi connectivity index (χ3v) is 22.1. The molecule has 412 valence electrons. The van der Waals surface area contributed by atoms with Crippen molar-refractivity contribution in [3.8, 4) is 0 Å². The largest absolute Gasteiger partial charge is 0.459 e. The number of carbonyl (C=O) groups is 3. The van der Waals surface area contributed by atoms with Crippen molar-refractivity contribution in [1.29, 1.82) is 0 Å². The zero-order valence-corrected chi connectivity index (χ0v) is 45.9. The number of epoxide rings is 1. The second-order valence-electron chi connectivity index (χ2n) is 26.4. The lowest BCUT2D eigenvalue weighted by Gasteiger charge is -2.63. The number of esters is 1. The van der Waals surface area contributed by atoms with Gasteiger partial charge in [-0.1, -0.05) is 80.8 Å². The van der Waals surface area contributed by atoms with E-state index in [0.29, 0.717) is 54.9 Å². The van der Waals surface area contributed by atoms with Gasteiger partial charge in [0.1, 0.15) is 11.9 Å². The van der Waals surface area contributed by atoms with Crippen LogP contribution < -0.4 is 32.3 Å². The molecule has 6 aliphatic heterocycles. The maximum absolute atomic E-state index is 16.3. The predicted molar refractivity (Wildman–Crippen MR) is 295 cm³/mol. The first-order valence-corrected chi connectivity index (χ1v) is 30.0. The van der Waals surface area contributed by atoms with Gasteiger partial charge >= 0.3 is 5.97 Å². The molecule has 13 nitrogen and oxygen atoms in total. The summed E-state index contributed by atoms with van der Waals surface area (Å²) in [4.78, 5) is 48.6. The van der Waals surface area contributed by atoms with Crippen LogP contribution in [0.1, 0.15) is 150 Å². The molecule has 9 N–H and O–H groups in total. The van der Waals surface area contributed by atoms with Gasteiger partial charge in [0.2, 0.25) is 5.78 Å². The zero-order chi connectivity index (χ0) is 53.2.